The highest BCUT2D eigenvalue weighted by Crippen LogP contribution is 2.30. The zero-order valence-electron chi connectivity index (χ0n) is 9.12. The largest absolute Gasteiger partial charge is 0.466 e. The van der Waals surface area contributed by atoms with Gasteiger partial charge in [-0.3, -0.25) is 4.79 Å². The van der Waals surface area contributed by atoms with E-state index in [1.165, 1.54) is 25.7 Å². The summed E-state index contributed by atoms with van der Waals surface area (Å²) in [7, 11) is 0. The first kappa shape index (κ1) is 11.9. The molecule has 1 aliphatic carbocycles. The molecule has 0 aromatic heterocycles. The van der Waals surface area contributed by atoms with E-state index in [1.807, 2.05) is 25.6 Å². The maximum Gasteiger partial charge on any atom is 0.309 e. The van der Waals surface area contributed by atoms with Gasteiger partial charge < -0.3 is 4.74 Å². The van der Waals surface area contributed by atoms with Gasteiger partial charge in [0, 0.05) is 11.0 Å². The zero-order valence-corrected chi connectivity index (χ0v) is 9.94. The summed E-state index contributed by atoms with van der Waals surface area (Å²) in [4.78, 5) is 11.3. The lowest BCUT2D eigenvalue weighted by Gasteiger charge is -2.13. The lowest BCUT2D eigenvalue weighted by atomic mass is 10.2. The molecule has 0 aromatic carbocycles. The van der Waals surface area contributed by atoms with E-state index in [4.69, 9.17) is 4.74 Å². The van der Waals surface area contributed by atoms with Crippen molar-refractivity contribution in [3.8, 4) is 0 Å². The van der Waals surface area contributed by atoms with Crippen LogP contribution in [-0.2, 0) is 9.53 Å². The van der Waals surface area contributed by atoms with E-state index in [0.29, 0.717) is 6.61 Å². The molecule has 0 heterocycles. The number of ether oxygens (including phenoxy) is 1. The van der Waals surface area contributed by atoms with Gasteiger partial charge in [-0.05, 0) is 19.8 Å². The monoisotopic (exact) mass is 216 g/mol. The molecule has 0 spiro atoms. The molecule has 1 unspecified atom stereocenters. The summed E-state index contributed by atoms with van der Waals surface area (Å²) in [5, 5.41) is 0.798. The van der Waals surface area contributed by atoms with Crippen LogP contribution in [0.25, 0.3) is 0 Å². The Morgan fingerprint density at radius 1 is 1.50 bits per heavy atom. The molecule has 0 N–H and O–H groups in total. The lowest BCUT2D eigenvalue weighted by molar-refractivity contribution is -0.146. The van der Waals surface area contributed by atoms with Gasteiger partial charge in [0.25, 0.3) is 0 Å². The Morgan fingerprint density at radius 2 is 2.14 bits per heavy atom. The van der Waals surface area contributed by atoms with Gasteiger partial charge in [0.1, 0.15) is 0 Å². The van der Waals surface area contributed by atoms with Crippen molar-refractivity contribution >= 4 is 17.7 Å². The van der Waals surface area contributed by atoms with Crippen LogP contribution in [0, 0.1) is 5.92 Å². The number of hydrogen-bond acceptors (Lipinski definition) is 3. The maximum atomic E-state index is 11.3. The van der Waals surface area contributed by atoms with Gasteiger partial charge in [0.05, 0.1) is 12.5 Å². The molecule has 1 fully saturated rings. The van der Waals surface area contributed by atoms with Crippen LogP contribution in [0.3, 0.4) is 0 Å². The Labute approximate surface area is 90.8 Å². The van der Waals surface area contributed by atoms with E-state index in [-0.39, 0.29) is 11.9 Å². The Hall–Kier alpha value is -0.180. The molecule has 1 aliphatic rings. The summed E-state index contributed by atoms with van der Waals surface area (Å²) in [6, 6.07) is 0. The van der Waals surface area contributed by atoms with E-state index in [2.05, 4.69) is 0 Å². The topological polar surface area (TPSA) is 26.3 Å². The van der Waals surface area contributed by atoms with Crippen LogP contribution in [0.5, 0.6) is 0 Å². The third kappa shape index (κ3) is 3.91. The highest BCUT2D eigenvalue weighted by Gasteiger charge is 2.19. The summed E-state index contributed by atoms with van der Waals surface area (Å²) in [6.07, 6.45) is 5.40. The first-order valence-corrected chi connectivity index (χ1v) is 6.57. The Morgan fingerprint density at radius 3 is 2.71 bits per heavy atom. The molecule has 0 radical (unpaired) electrons. The summed E-state index contributed by atoms with van der Waals surface area (Å²) in [5.74, 6) is 0.933. The standard InChI is InChI=1S/C11H20O2S/c1-3-13-11(12)9(2)8-14-10-6-4-5-7-10/h9-10H,3-8H2,1-2H3. The normalized spacial score (nSPS) is 19.6. The third-order valence-corrected chi connectivity index (χ3v) is 4.21. The minimum Gasteiger partial charge on any atom is -0.466 e. The van der Waals surface area contributed by atoms with Crippen LogP contribution in [0.1, 0.15) is 39.5 Å². The molecule has 0 bridgehead atoms. The number of carbonyl (C=O) groups excluding carboxylic acids is 1. The van der Waals surface area contributed by atoms with E-state index in [9.17, 15) is 4.79 Å². The van der Waals surface area contributed by atoms with E-state index < -0.39 is 0 Å². The molecule has 2 nitrogen and oxygen atoms in total. The van der Waals surface area contributed by atoms with Crippen molar-refractivity contribution in [3.05, 3.63) is 0 Å². The van der Waals surface area contributed by atoms with Gasteiger partial charge >= 0.3 is 5.97 Å². The molecule has 0 amide bonds. The first-order valence-electron chi connectivity index (χ1n) is 5.52. The Balaban J connectivity index is 2.13. The summed E-state index contributed by atoms with van der Waals surface area (Å²) < 4.78 is 4.97. The molecule has 1 atom stereocenters. The molecule has 0 aliphatic heterocycles. The molecular weight excluding hydrogens is 196 g/mol. The number of carbonyl (C=O) groups is 1. The fourth-order valence-corrected chi connectivity index (χ4v) is 3.05. The summed E-state index contributed by atoms with van der Waals surface area (Å²) >= 11 is 1.95. The van der Waals surface area contributed by atoms with Crippen molar-refractivity contribution in [3.63, 3.8) is 0 Å². The van der Waals surface area contributed by atoms with Crippen LogP contribution in [0.4, 0.5) is 0 Å². The molecule has 3 heteroatoms. The van der Waals surface area contributed by atoms with Crippen LogP contribution in [-0.4, -0.2) is 23.6 Å². The number of esters is 1. The Bertz CT molecular complexity index is 176. The molecule has 0 aromatic rings. The molecule has 1 saturated carbocycles. The minimum absolute atomic E-state index is 0.0435. The fraction of sp³-hybridized carbons (Fsp3) is 0.909. The molecule has 1 rings (SSSR count). The molecular formula is C11H20O2S. The molecule has 82 valence electrons. The second-order valence-electron chi connectivity index (χ2n) is 3.89. The lowest BCUT2D eigenvalue weighted by Crippen LogP contribution is -2.17. The predicted molar refractivity (Wildman–Crippen MR) is 60.5 cm³/mol. The van der Waals surface area contributed by atoms with Gasteiger partial charge in [-0.1, -0.05) is 19.8 Å². The highest BCUT2D eigenvalue weighted by molar-refractivity contribution is 7.99. The van der Waals surface area contributed by atoms with Gasteiger partial charge in [-0.25, -0.2) is 0 Å². The predicted octanol–water partition coefficient (Wildman–Crippen LogP) is 2.86. The van der Waals surface area contributed by atoms with Crippen molar-refractivity contribution in [2.45, 2.75) is 44.8 Å². The van der Waals surface area contributed by atoms with Gasteiger partial charge in [-0.2, -0.15) is 11.8 Å². The van der Waals surface area contributed by atoms with Gasteiger partial charge in [-0.15, -0.1) is 0 Å². The second kappa shape index (κ2) is 6.33. The van der Waals surface area contributed by atoms with Gasteiger partial charge in [0.2, 0.25) is 0 Å². The SMILES string of the molecule is CCOC(=O)C(C)CSC1CCCC1. The van der Waals surface area contributed by atoms with Crippen molar-refractivity contribution in [1.29, 1.82) is 0 Å². The smallest absolute Gasteiger partial charge is 0.309 e. The molecule has 14 heavy (non-hydrogen) atoms. The van der Waals surface area contributed by atoms with Crippen molar-refractivity contribution in [1.82, 2.24) is 0 Å². The average molecular weight is 216 g/mol. The maximum absolute atomic E-state index is 11.3. The van der Waals surface area contributed by atoms with Crippen molar-refractivity contribution in [2.24, 2.45) is 5.92 Å². The van der Waals surface area contributed by atoms with Gasteiger partial charge in [0.15, 0.2) is 0 Å². The highest BCUT2D eigenvalue weighted by atomic mass is 32.2. The van der Waals surface area contributed by atoms with Crippen LogP contribution >= 0.6 is 11.8 Å². The van der Waals surface area contributed by atoms with E-state index >= 15 is 0 Å². The van der Waals surface area contributed by atoms with E-state index in [0.717, 1.165) is 11.0 Å². The zero-order chi connectivity index (χ0) is 10.4. The van der Waals surface area contributed by atoms with Crippen LogP contribution in [0.15, 0.2) is 0 Å². The first-order chi connectivity index (χ1) is 6.74. The number of hydrogen-bond donors (Lipinski definition) is 0. The Kier molecular flexibility index (Phi) is 5.38. The quantitative estimate of drug-likeness (QED) is 0.661. The summed E-state index contributed by atoms with van der Waals surface area (Å²) in [5.41, 5.74) is 0. The third-order valence-electron chi connectivity index (χ3n) is 2.57. The fourth-order valence-electron chi connectivity index (χ4n) is 1.69. The van der Waals surface area contributed by atoms with Crippen molar-refractivity contribution < 1.29 is 9.53 Å². The van der Waals surface area contributed by atoms with Crippen LogP contribution in [0.2, 0.25) is 0 Å². The number of rotatable bonds is 5. The second-order valence-corrected chi connectivity index (χ2v) is 5.23. The molecule has 0 saturated heterocycles. The number of thioether (sulfide) groups is 1. The minimum atomic E-state index is -0.0435. The van der Waals surface area contributed by atoms with Crippen LogP contribution < -0.4 is 0 Å². The average Bonchev–Trinajstić information content (AvgIpc) is 2.67. The summed E-state index contributed by atoms with van der Waals surface area (Å²) in [6.45, 7) is 4.31. The van der Waals surface area contributed by atoms with Crippen molar-refractivity contribution in [2.75, 3.05) is 12.4 Å². The van der Waals surface area contributed by atoms with E-state index in [1.54, 1.807) is 0 Å².